The van der Waals surface area contributed by atoms with Crippen LogP contribution in [0, 0.1) is 0 Å². The van der Waals surface area contributed by atoms with E-state index in [9.17, 15) is 0 Å². The van der Waals surface area contributed by atoms with Gasteiger partial charge in [-0.2, -0.15) is 0 Å². The van der Waals surface area contributed by atoms with Crippen LogP contribution in [-0.4, -0.2) is 30.4 Å². The van der Waals surface area contributed by atoms with Gasteiger partial charge in [-0.1, -0.05) is 0 Å². The molecular formula is C14H25O2SiZr. The summed E-state index contributed by atoms with van der Waals surface area (Å²) in [5, 5.41) is 14.0. The predicted octanol–water partition coefficient (Wildman–Crippen LogP) is 2.49. The van der Waals surface area contributed by atoms with Crippen LogP contribution in [-0.2, 0) is 20.9 Å². The normalized spacial score (nSPS) is 15.5. The number of allylic oxidation sites excluding steroid dienone is 8. The van der Waals surface area contributed by atoms with Crippen LogP contribution in [0.25, 0.3) is 0 Å². The summed E-state index contributed by atoms with van der Waals surface area (Å²) >= 11 is -1.29. The summed E-state index contributed by atoms with van der Waals surface area (Å²) in [5.74, 6) is -0.412. The van der Waals surface area contributed by atoms with Gasteiger partial charge in [0, 0.05) is 14.2 Å². The molecule has 4 heteroatoms. The zero-order valence-electron chi connectivity index (χ0n) is 11.9. The van der Waals surface area contributed by atoms with Crippen molar-refractivity contribution in [1.82, 2.24) is 0 Å². The fourth-order valence-electron chi connectivity index (χ4n) is 2.24. The molecule has 2 nitrogen and oxygen atoms in total. The number of aliphatic hydroxyl groups excluding tert-OH is 2. The number of aliphatic hydroxyl groups is 2. The summed E-state index contributed by atoms with van der Waals surface area (Å²) in [7, 11) is 2.00. The first-order valence-electron chi connectivity index (χ1n) is 6.27. The van der Waals surface area contributed by atoms with Gasteiger partial charge in [-0.15, -0.1) is 0 Å². The molecule has 2 aliphatic carbocycles. The van der Waals surface area contributed by atoms with Gasteiger partial charge in [0.15, 0.2) is 0 Å². The first-order valence-corrected chi connectivity index (χ1v) is 15.9. The standard InChI is InChI=1S/2C5H5.C2H7Si.2CH4O.Zr/c2*1-2-4-5-3-1;1-3-2;2*1-2;/h2*1-3H,4H2;3H,1-2H3;2*2H,1H3;. The maximum atomic E-state index is 7.00. The van der Waals surface area contributed by atoms with Crippen molar-refractivity contribution < 1.29 is 31.1 Å². The number of rotatable bonds is 3. The van der Waals surface area contributed by atoms with Crippen molar-refractivity contribution in [1.29, 1.82) is 0 Å². The van der Waals surface area contributed by atoms with Crippen LogP contribution in [0.5, 0.6) is 0 Å². The van der Waals surface area contributed by atoms with Crippen molar-refractivity contribution >= 4 is 5.92 Å². The molecule has 0 bridgehead atoms. The van der Waals surface area contributed by atoms with E-state index in [-0.39, 0.29) is 0 Å². The van der Waals surface area contributed by atoms with Crippen molar-refractivity contribution in [3.8, 4) is 0 Å². The van der Waals surface area contributed by atoms with Crippen LogP contribution in [0.1, 0.15) is 12.8 Å². The Morgan fingerprint density at radius 1 is 0.889 bits per heavy atom. The van der Waals surface area contributed by atoms with Gasteiger partial charge in [0.25, 0.3) is 0 Å². The molecule has 0 saturated carbocycles. The van der Waals surface area contributed by atoms with E-state index in [0.29, 0.717) is 0 Å². The Labute approximate surface area is 120 Å². The molecule has 0 radical (unpaired) electrons. The van der Waals surface area contributed by atoms with Crippen LogP contribution < -0.4 is 0 Å². The van der Waals surface area contributed by atoms with E-state index in [0.717, 1.165) is 14.2 Å². The van der Waals surface area contributed by atoms with Gasteiger partial charge in [0.2, 0.25) is 0 Å². The molecule has 0 unspecified atom stereocenters. The molecule has 0 aliphatic heterocycles. The van der Waals surface area contributed by atoms with Gasteiger partial charge in [0.1, 0.15) is 0 Å². The van der Waals surface area contributed by atoms with Crippen molar-refractivity contribution in [2.75, 3.05) is 14.2 Å². The topological polar surface area (TPSA) is 40.5 Å². The van der Waals surface area contributed by atoms with Crippen molar-refractivity contribution in [3.05, 3.63) is 43.0 Å². The molecule has 0 atom stereocenters. The summed E-state index contributed by atoms with van der Waals surface area (Å²) in [6.45, 7) is 5.10. The molecule has 0 heterocycles. The van der Waals surface area contributed by atoms with Gasteiger partial charge in [-0.05, 0) is 0 Å². The first kappa shape index (κ1) is 18.0. The molecule has 101 valence electrons. The minimum absolute atomic E-state index is 0.412. The Hall–Kier alpha value is -0.0200. The van der Waals surface area contributed by atoms with Crippen LogP contribution in [0.4, 0.5) is 0 Å². The third kappa shape index (κ3) is 5.31. The fraction of sp³-hybridized carbons (Fsp3) is 0.429. The third-order valence-electron chi connectivity index (χ3n) is 2.81. The molecule has 0 saturated heterocycles. The van der Waals surface area contributed by atoms with Crippen LogP contribution >= 0.6 is 0 Å². The van der Waals surface area contributed by atoms with Crippen molar-refractivity contribution in [2.45, 2.75) is 25.9 Å². The van der Waals surface area contributed by atoms with E-state index >= 15 is 0 Å². The molecule has 2 rings (SSSR count). The molecule has 0 fully saturated rings. The van der Waals surface area contributed by atoms with Crippen molar-refractivity contribution in [3.63, 3.8) is 0 Å². The van der Waals surface area contributed by atoms with Crippen LogP contribution in [0.3, 0.4) is 0 Å². The zero-order chi connectivity index (χ0) is 14.0. The molecular weight excluding hydrogens is 319 g/mol. The second kappa shape index (κ2) is 10.9. The van der Waals surface area contributed by atoms with E-state index in [4.69, 9.17) is 10.2 Å². The summed E-state index contributed by atoms with van der Waals surface area (Å²) in [4.78, 5) is 0. The Morgan fingerprint density at radius 2 is 1.28 bits per heavy atom. The minimum atomic E-state index is -1.29. The third-order valence-corrected chi connectivity index (χ3v) is 22.1. The van der Waals surface area contributed by atoms with E-state index in [2.05, 4.69) is 49.6 Å². The van der Waals surface area contributed by atoms with Crippen molar-refractivity contribution in [2.24, 2.45) is 0 Å². The van der Waals surface area contributed by atoms with Gasteiger partial charge in [-0.25, -0.2) is 0 Å². The van der Waals surface area contributed by atoms with Gasteiger partial charge < -0.3 is 10.2 Å². The average Bonchev–Trinajstić information content (AvgIpc) is 3.08. The van der Waals surface area contributed by atoms with E-state index in [1.165, 1.54) is 12.8 Å². The molecule has 0 amide bonds. The zero-order valence-corrected chi connectivity index (χ0v) is 15.5. The summed E-state index contributed by atoms with van der Waals surface area (Å²) < 4.78 is 3.70. The first-order chi connectivity index (χ1) is 8.79. The Balaban J connectivity index is 0.000000659. The second-order valence-electron chi connectivity index (χ2n) is 4.22. The second-order valence-corrected chi connectivity index (χ2v) is 23.6. The Kier molecular flexibility index (Phi) is 10.8. The SMILES string of the molecule is CO.CO.C[SiH](C)[Zr]([C]1=CC=CC1)[C]1=CC=CC1. The summed E-state index contributed by atoms with van der Waals surface area (Å²) in [5.41, 5.74) is 0. The molecule has 18 heavy (non-hydrogen) atoms. The average molecular weight is 345 g/mol. The van der Waals surface area contributed by atoms with E-state index in [1.54, 1.807) is 0 Å². The van der Waals surface area contributed by atoms with Crippen LogP contribution in [0.15, 0.2) is 43.0 Å². The maximum absolute atomic E-state index is 7.00. The van der Waals surface area contributed by atoms with E-state index < -0.39 is 26.8 Å². The molecule has 2 aliphatic rings. The molecule has 2 N–H and O–H groups in total. The van der Waals surface area contributed by atoms with Gasteiger partial charge in [-0.3, -0.25) is 0 Å². The molecule has 0 spiro atoms. The summed E-state index contributed by atoms with van der Waals surface area (Å²) in [6, 6.07) is 0. The van der Waals surface area contributed by atoms with Gasteiger partial charge >= 0.3 is 95.8 Å². The fourth-order valence-corrected chi connectivity index (χ4v) is 21.2. The number of hydrogen-bond acceptors (Lipinski definition) is 2. The quantitative estimate of drug-likeness (QED) is 0.772. The predicted molar refractivity (Wildman–Crippen MR) is 78.8 cm³/mol. The molecule has 0 aromatic carbocycles. The van der Waals surface area contributed by atoms with E-state index in [1.807, 2.05) is 6.56 Å². The van der Waals surface area contributed by atoms with Gasteiger partial charge in [0.05, 0.1) is 0 Å². The Bertz CT molecular complexity index is 314. The Morgan fingerprint density at radius 3 is 1.50 bits per heavy atom. The monoisotopic (exact) mass is 343 g/mol. The van der Waals surface area contributed by atoms with Crippen LogP contribution in [0.2, 0.25) is 13.1 Å². The summed E-state index contributed by atoms with van der Waals surface area (Å²) in [6.07, 6.45) is 16.6. The molecule has 0 aromatic heterocycles. The molecule has 0 aromatic rings. The number of hydrogen-bond donors (Lipinski definition) is 2.